The SMILES string of the molecule is CC(C)(C)n1ncc2c1CNCC2c1cn[nH]c1. The average Bonchev–Trinajstić information content (AvgIpc) is 2.96. The van der Waals surface area contributed by atoms with Gasteiger partial charge in [0.1, 0.15) is 0 Å². The van der Waals surface area contributed by atoms with Gasteiger partial charge < -0.3 is 5.32 Å². The van der Waals surface area contributed by atoms with E-state index in [9.17, 15) is 0 Å². The van der Waals surface area contributed by atoms with Crippen molar-refractivity contribution in [2.75, 3.05) is 6.54 Å². The summed E-state index contributed by atoms with van der Waals surface area (Å²) in [5.74, 6) is 0.351. The highest BCUT2D eigenvalue weighted by Gasteiger charge is 2.29. The summed E-state index contributed by atoms with van der Waals surface area (Å²) in [6, 6.07) is 0. The molecule has 5 heteroatoms. The molecule has 3 rings (SSSR count). The highest BCUT2D eigenvalue weighted by atomic mass is 15.3. The second-order valence-corrected chi connectivity index (χ2v) is 5.84. The van der Waals surface area contributed by atoms with Crippen LogP contribution in [0.3, 0.4) is 0 Å². The van der Waals surface area contributed by atoms with E-state index in [2.05, 4.69) is 46.1 Å². The van der Waals surface area contributed by atoms with Gasteiger partial charge in [0.2, 0.25) is 0 Å². The predicted molar refractivity (Wildman–Crippen MR) is 69.4 cm³/mol. The first-order chi connectivity index (χ1) is 8.57. The molecule has 0 saturated carbocycles. The van der Waals surface area contributed by atoms with Gasteiger partial charge in [0.15, 0.2) is 0 Å². The summed E-state index contributed by atoms with van der Waals surface area (Å²) < 4.78 is 2.13. The zero-order valence-corrected chi connectivity index (χ0v) is 11.1. The number of nitrogens with zero attached hydrogens (tertiary/aromatic N) is 3. The summed E-state index contributed by atoms with van der Waals surface area (Å²) in [7, 11) is 0. The lowest BCUT2D eigenvalue weighted by Gasteiger charge is -2.28. The minimum Gasteiger partial charge on any atom is -0.310 e. The van der Waals surface area contributed by atoms with Crippen LogP contribution in [0.5, 0.6) is 0 Å². The third-order valence-electron chi connectivity index (χ3n) is 3.47. The molecule has 0 spiro atoms. The van der Waals surface area contributed by atoms with Crippen LogP contribution in [0.4, 0.5) is 0 Å². The summed E-state index contributed by atoms with van der Waals surface area (Å²) in [6.07, 6.45) is 5.88. The van der Waals surface area contributed by atoms with Crippen LogP contribution in [-0.2, 0) is 12.1 Å². The van der Waals surface area contributed by atoms with E-state index in [1.807, 2.05) is 18.6 Å². The highest BCUT2D eigenvalue weighted by Crippen LogP contribution is 2.31. The number of fused-ring (bicyclic) bond motifs is 1. The predicted octanol–water partition coefficient (Wildman–Crippen LogP) is 1.60. The number of nitrogens with one attached hydrogen (secondary N) is 2. The van der Waals surface area contributed by atoms with Crippen molar-refractivity contribution in [1.29, 1.82) is 0 Å². The first-order valence-electron chi connectivity index (χ1n) is 6.34. The molecule has 2 N–H and O–H groups in total. The molecule has 1 atom stereocenters. The van der Waals surface area contributed by atoms with Gasteiger partial charge in [-0.2, -0.15) is 10.2 Å². The van der Waals surface area contributed by atoms with Crippen LogP contribution in [0.15, 0.2) is 18.6 Å². The lowest BCUT2D eigenvalue weighted by Crippen LogP contribution is -2.33. The van der Waals surface area contributed by atoms with E-state index in [-0.39, 0.29) is 5.54 Å². The third-order valence-corrected chi connectivity index (χ3v) is 3.47. The Balaban J connectivity index is 2.05. The largest absolute Gasteiger partial charge is 0.310 e. The van der Waals surface area contributed by atoms with Crippen molar-refractivity contribution in [2.45, 2.75) is 38.8 Å². The molecule has 5 nitrogen and oxygen atoms in total. The Morgan fingerprint density at radius 1 is 1.33 bits per heavy atom. The lowest BCUT2D eigenvalue weighted by atomic mass is 9.91. The van der Waals surface area contributed by atoms with Crippen LogP contribution in [-0.4, -0.2) is 26.5 Å². The van der Waals surface area contributed by atoms with Crippen LogP contribution in [0.1, 0.15) is 43.5 Å². The number of hydrogen-bond donors (Lipinski definition) is 2. The molecule has 0 aromatic carbocycles. The fourth-order valence-corrected chi connectivity index (χ4v) is 2.63. The van der Waals surface area contributed by atoms with E-state index in [4.69, 9.17) is 0 Å². The Morgan fingerprint density at radius 2 is 2.17 bits per heavy atom. The van der Waals surface area contributed by atoms with Gasteiger partial charge in [-0.3, -0.25) is 9.78 Å². The Bertz CT molecular complexity index is 532. The van der Waals surface area contributed by atoms with Crippen molar-refractivity contribution in [1.82, 2.24) is 25.3 Å². The fourth-order valence-electron chi connectivity index (χ4n) is 2.63. The zero-order valence-electron chi connectivity index (χ0n) is 11.1. The molecule has 3 heterocycles. The molecule has 1 aliphatic rings. The van der Waals surface area contributed by atoms with Crippen molar-refractivity contribution in [3.63, 3.8) is 0 Å². The number of hydrogen-bond acceptors (Lipinski definition) is 3. The van der Waals surface area contributed by atoms with E-state index in [0.717, 1.165) is 13.1 Å². The molecule has 2 aromatic rings. The van der Waals surface area contributed by atoms with E-state index in [1.54, 1.807) is 0 Å². The zero-order chi connectivity index (χ0) is 12.8. The Hall–Kier alpha value is -1.62. The number of aromatic amines is 1. The maximum atomic E-state index is 4.58. The summed E-state index contributed by atoms with van der Waals surface area (Å²) >= 11 is 0. The second kappa shape index (κ2) is 3.95. The van der Waals surface area contributed by atoms with Crippen LogP contribution < -0.4 is 5.32 Å². The molecule has 96 valence electrons. The molecule has 0 aliphatic carbocycles. The van der Waals surface area contributed by atoms with Crippen molar-refractivity contribution < 1.29 is 0 Å². The lowest BCUT2D eigenvalue weighted by molar-refractivity contribution is 0.336. The van der Waals surface area contributed by atoms with Crippen molar-refractivity contribution in [3.05, 3.63) is 35.4 Å². The van der Waals surface area contributed by atoms with E-state index in [0.29, 0.717) is 5.92 Å². The average molecular weight is 245 g/mol. The Labute approximate surface area is 107 Å². The summed E-state index contributed by atoms with van der Waals surface area (Å²) in [4.78, 5) is 0. The van der Waals surface area contributed by atoms with Crippen molar-refractivity contribution in [3.8, 4) is 0 Å². The molecule has 18 heavy (non-hydrogen) atoms. The van der Waals surface area contributed by atoms with E-state index < -0.39 is 0 Å². The third kappa shape index (κ3) is 1.75. The molecule has 0 fully saturated rings. The van der Waals surface area contributed by atoms with Gasteiger partial charge in [0, 0.05) is 30.8 Å². The van der Waals surface area contributed by atoms with Crippen LogP contribution >= 0.6 is 0 Å². The van der Waals surface area contributed by atoms with Gasteiger partial charge >= 0.3 is 0 Å². The van der Waals surface area contributed by atoms with Crippen molar-refractivity contribution in [2.24, 2.45) is 0 Å². The standard InChI is InChI=1S/C13H19N5/c1-13(2,3)18-12-8-14-6-10(11(12)7-17-18)9-4-15-16-5-9/h4-5,7,10,14H,6,8H2,1-3H3,(H,15,16). The molecule has 1 unspecified atom stereocenters. The molecular formula is C13H19N5. The Kier molecular flexibility index (Phi) is 2.52. The minimum absolute atomic E-state index is 0.0214. The molecule has 2 aromatic heterocycles. The fraction of sp³-hybridized carbons (Fsp3) is 0.538. The minimum atomic E-state index is 0.0214. The summed E-state index contributed by atoms with van der Waals surface area (Å²) in [5, 5.41) is 15.0. The van der Waals surface area contributed by atoms with Gasteiger partial charge in [-0.05, 0) is 26.3 Å². The van der Waals surface area contributed by atoms with Gasteiger partial charge in [-0.15, -0.1) is 0 Å². The van der Waals surface area contributed by atoms with Gasteiger partial charge in [0.25, 0.3) is 0 Å². The monoisotopic (exact) mass is 245 g/mol. The highest BCUT2D eigenvalue weighted by molar-refractivity contribution is 5.34. The maximum absolute atomic E-state index is 4.58. The number of aromatic nitrogens is 4. The molecule has 0 amide bonds. The molecule has 0 radical (unpaired) electrons. The van der Waals surface area contributed by atoms with E-state index in [1.165, 1.54) is 16.8 Å². The Morgan fingerprint density at radius 3 is 2.83 bits per heavy atom. The van der Waals surface area contributed by atoms with Gasteiger partial charge in [-0.1, -0.05) is 0 Å². The first kappa shape index (κ1) is 11.5. The molecule has 0 saturated heterocycles. The topological polar surface area (TPSA) is 58.5 Å². The normalized spacial score (nSPS) is 19.8. The van der Waals surface area contributed by atoms with Crippen molar-refractivity contribution >= 4 is 0 Å². The number of rotatable bonds is 1. The first-order valence-corrected chi connectivity index (χ1v) is 6.34. The maximum Gasteiger partial charge on any atom is 0.0567 e. The molecule has 1 aliphatic heterocycles. The number of H-pyrrole nitrogens is 1. The quantitative estimate of drug-likeness (QED) is 0.802. The van der Waals surface area contributed by atoms with Gasteiger partial charge in [-0.25, -0.2) is 0 Å². The van der Waals surface area contributed by atoms with Crippen LogP contribution in [0, 0.1) is 0 Å². The summed E-state index contributed by atoms with van der Waals surface area (Å²) in [5.41, 5.74) is 3.86. The molecular weight excluding hydrogens is 226 g/mol. The summed E-state index contributed by atoms with van der Waals surface area (Å²) in [6.45, 7) is 8.38. The van der Waals surface area contributed by atoms with E-state index >= 15 is 0 Å². The van der Waals surface area contributed by atoms with Gasteiger partial charge in [0.05, 0.1) is 23.6 Å². The second-order valence-electron chi connectivity index (χ2n) is 5.84. The van der Waals surface area contributed by atoms with Crippen LogP contribution in [0.2, 0.25) is 0 Å². The van der Waals surface area contributed by atoms with Crippen LogP contribution in [0.25, 0.3) is 0 Å². The molecule has 0 bridgehead atoms. The smallest absolute Gasteiger partial charge is 0.0567 e.